The molecule has 4 atom stereocenters. The molecule has 4 rings (SSSR count). The van der Waals surface area contributed by atoms with Crippen molar-refractivity contribution in [2.45, 2.75) is 149 Å². The van der Waals surface area contributed by atoms with Gasteiger partial charge in [0.05, 0.1) is 12.2 Å². The quantitative estimate of drug-likeness (QED) is 0.301. The molecule has 0 spiro atoms. The lowest BCUT2D eigenvalue weighted by Crippen LogP contribution is -2.22. The average Bonchev–Trinajstić information content (AvgIpc) is 3.71. The van der Waals surface area contributed by atoms with Gasteiger partial charge in [-0.25, -0.2) is 0 Å². The predicted octanol–water partition coefficient (Wildman–Crippen LogP) is 8.80. The SMILES string of the molecule is CC1OC1COc1c(C(C)(C)C)cc(Cc2cc(C(C)(C)C)c(OCC3OC3C)c(C(C)(C)C)c2)cc1C(C)(C)C. The van der Waals surface area contributed by atoms with Gasteiger partial charge in [-0.1, -0.05) is 107 Å². The monoisotopic (exact) mass is 564 g/mol. The molecule has 41 heavy (non-hydrogen) atoms. The molecular weight excluding hydrogens is 508 g/mol. The van der Waals surface area contributed by atoms with Crippen LogP contribution in [0.3, 0.4) is 0 Å². The normalized spacial score (nSPS) is 23.0. The van der Waals surface area contributed by atoms with E-state index in [-0.39, 0.29) is 46.1 Å². The molecule has 0 saturated carbocycles. The molecule has 4 heteroatoms. The van der Waals surface area contributed by atoms with Crippen molar-refractivity contribution in [3.63, 3.8) is 0 Å². The largest absolute Gasteiger partial charge is 0.490 e. The summed E-state index contributed by atoms with van der Waals surface area (Å²) in [5.41, 5.74) is 7.44. The Balaban J connectivity index is 1.80. The smallest absolute Gasteiger partial charge is 0.126 e. The first-order chi connectivity index (χ1) is 18.7. The summed E-state index contributed by atoms with van der Waals surface area (Å²) in [5, 5.41) is 0. The van der Waals surface area contributed by atoms with Crippen LogP contribution in [0, 0.1) is 0 Å². The highest BCUT2D eigenvalue weighted by Gasteiger charge is 2.38. The van der Waals surface area contributed by atoms with Crippen molar-refractivity contribution in [3.8, 4) is 11.5 Å². The van der Waals surface area contributed by atoms with Crippen LogP contribution in [0.25, 0.3) is 0 Å². The van der Waals surface area contributed by atoms with Gasteiger partial charge in [0.15, 0.2) is 0 Å². The number of benzene rings is 2. The van der Waals surface area contributed by atoms with E-state index >= 15 is 0 Å². The molecule has 0 amide bonds. The summed E-state index contributed by atoms with van der Waals surface area (Å²) in [4.78, 5) is 0. The first kappa shape index (κ1) is 31.9. The Morgan fingerprint density at radius 1 is 0.512 bits per heavy atom. The second-order valence-electron chi connectivity index (χ2n) is 16.6. The van der Waals surface area contributed by atoms with E-state index in [1.807, 2.05) is 0 Å². The summed E-state index contributed by atoms with van der Waals surface area (Å²) in [6.45, 7) is 32.8. The minimum Gasteiger partial charge on any atom is -0.490 e. The standard InChI is InChI=1S/C37H56O4/c1-22-30(40-22)20-38-32-26(34(3,4)5)16-24(17-27(32)35(6,7)8)15-25-18-28(36(9,10)11)33(29(19-25)37(12,13)14)39-21-31-23(2)41-31/h16-19,22-23,30-31H,15,20-21H2,1-14H3. The molecule has 4 nitrogen and oxygen atoms in total. The van der Waals surface area contributed by atoms with E-state index in [0.717, 1.165) is 17.9 Å². The van der Waals surface area contributed by atoms with Gasteiger partial charge in [0.2, 0.25) is 0 Å². The number of epoxide rings is 2. The van der Waals surface area contributed by atoms with Gasteiger partial charge in [0.1, 0.15) is 36.9 Å². The highest BCUT2D eigenvalue weighted by atomic mass is 16.6. The Morgan fingerprint density at radius 2 is 0.756 bits per heavy atom. The van der Waals surface area contributed by atoms with E-state index in [9.17, 15) is 0 Å². The second-order valence-corrected chi connectivity index (χ2v) is 16.6. The Morgan fingerprint density at radius 3 is 0.951 bits per heavy atom. The van der Waals surface area contributed by atoms with Crippen molar-refractivity contribution in [1.29, 1.82) is 0 Å². The molecule has 2 aliphatic rings. The molecule has 0 aromatic heterocycles. The zero-order valence-corrected chi connectivity index (χ0v) is 28.4. The van der Waals surface area contributed by atoms with E-state index in [1.54, 1.807) is 0 Å². The van der Waals surface area contributed by atoms with Crippen molar-refractivity contribution in [3.05, 3.63) is 57.6 Å². The van der Waals surface area contributed by atoms with Gasteiger partial charge < -0.3 is 18.9 Å². The minimum absolute atomic E-state index is 0.0613. The predicted molar refractivity (Wildman–Crippen MR) is 170 cm³/mol. The molecule has 228 valence electrons. The van der Waals surface area contributed by atoms with Gasteiger partial charge in [-0.2, -0.15) is 0 Å². The molecule has 0 bridgehead atoms. The van der Waals surface area contributed by atoms with Crippen LogP contribution in [0.5, 0.6) is 11.5 Å². The molecule has 4 unspecified atom stereocenters. The molecule has 2 aliphatic heterocycles. The lowest BCUT2D eigenvalue weighted by Gasteiger charge is -2.32. The molecule has 0 radical (unpaired) electrons. The van der Waals surface area contributed by atoms with Crippen LogP contribution >= 0.6 is 0 Å². The van der Waals surface area contributed by atoms with Crippen LogP contribution in [0.1, 0.15) is 130 Å². The van der Waals surface area contributed by atoms with Gasteiger partial charge in [-0.15, -0.1) is 0 Å². The Hall–Kier alpha value is -2.04. The molecule has 2 aromatic carbocycles. The van der Waals surface area contributed by atoms with Gasteiger partial charge >= 0.3 is 0 Å². The fourth-order valence-electron chi connectivity index (χ4n) is 5.50. The van der Waals surface area contributed by atoms with Gasteiger partial charge in [0.25, 0.3) is 0 Å². The van der Waals surface area contributed by atoms with Crippen molar-refractivity contribution in [1.82, 2.24) is 0 Å². The fraction of sp³-hybridized carbons (Fsp3) is 0.676. The van der Waals surface area contributed by atoms with E-state index < -0.39 is 0 Å². The zero-order chi connectivity index (χ0) is 30.7. The second kappa shape index (κ2) is 10.9. The number of rotatable bonds is 8. The Labute approximate surface area is 250 Å². The highest BCUT2D eigenvalue weighted by molar-refractivity contribution is 5.54. The Kier molecular flexibility index (Phi) is 8.48. The summed E-state index contributed by atoms with van der Waals surface area (Å²) in [5.74, 6) is 2.06. The van der Waals surface area contributed by atoms with Gasteiger partial charge in [-0.05, 0) is 53.1 Å². The lowest BCUT2D eigenvalue weighted by atomic mass is 9.76. The number of ether oxygens (including phenoxy) is 4. The van der Waals surface area contributed by atoms with Crippen LogP contribution in [0.4, 0.5) is 0 Å². The number of hydrogen-bond donors (Lipinski definition) is 0. The minimum atomic E-state index is -0.0613. The molecule has 2 saturated heterocycles. The lowest BCUT2D eigenvalue weighted by molar-refractivity contribution is 0.251. The summed E-state index contributed by atoms with van der Waals surface area (Å²) < 4.78 is 24.5. The third-order valence-electron chi connectivity index (χ3n) is 8.39. The molecule has 0 aliphatic carbocycles. The van der Waals surface area contributed by atoms with Crippen LogP contribution in [0.2, 0.25) is 0 Å². The van der Waals surface area contributed by atoms with Crippen LogP contribution in [-0.4, -0.2) is 37.6 Å². The maximum Gasteiger partial charge on any atom is 0.126 e. The summed E-state index contributed by atoms with van der Waals surface area (Å²) >= 11 is 0. The number of hydrogen-bond acceptors (Lipinski definition) is 4. The first-order valence-electron chi connectivity index (χ1n) is 15.6. The van der Waals surface area contributed by atoms with Crippen molar-refractivity contribution >= 4 is 0 Å². The van der Waals surface area contributed by atoms with E-state index in [4.69, 9.17) is 18.9 Å². The molecule has 2 fully saturated rings. The maximum absolute atomic E-state index is 6.57. The maximum atomic E-state index is 6.57. The molecule has 2 aromatic rings. The van der Waals surface area contributed by atoms with Gasteiger partial charge in [-0.3, -0.25) is 0 Å². The first-order valence-corrected chi connectivity index (χ1v) is 15.6. The van der Waals surface area contributed by atoms with Crippen LogP contribution in [-0.2, 0) is 37.6 Å². The fourth-order valence-corrected chi connectivity index (χ4v) is 5.50. The zero-order valence-electron chi connectivity index (χ0n) is 28.4. The summed E-state index contributed by atoms with van der Waals surface area (Å²) in [7, 11) is 0. The third kappa shape index (κ3) is 7.68. The molecule has 0 N–H and O–H groups in total. The Bertz CT molecular complexity index is 1080. The van der Waals surface area contributed by atoms with Crippen molar-refractivity contribution in [2.75, 3.05) is 13.2 Å². The third-order valence-corrected chi connectivity index (χ3v) is 8.39. The van der Waals surface area contributed by atoms with Crippen LogP contribution < -0.4 is 9.47 Å². The highest BCUT2D eigenvalue weighted by Crippen LogP contribution is 2.44. The van der Waals surface area contributed by atoms with Gasteiger partial charge in [0, 0.05) is 22.3 Å². The molecular formula is C37H56O4. The topological polar surface area (TPSA) is 43.5 Å². The summed E-state index contributed by atoms with van der Waals surface area (Å²) in [6, 6.07) is 9.52. The average molecular weight is 565 g/mol. The van der Waals surface area contributed by atoms with E-state index in [2.05, 4.69) is 121 Å². The van der Waals surface area contributed by atoms with E-state index in [1.165, 1.54) is 33.4 Å². The van der Waals surface area contributed by atoms with Crippen LogP contribution in [0.15, 0.2) is 24.3 Å². The van der Waals surface area contributed by atoms with E-state index in [0.29, 0.717) is 13.2 Å². The van der Waals surface area contributed by atoms with Crippen molar-refractivity contribution < 1.29 is 18.9 Å². The summed E-state index contributed by atoms with van der Waals surface area (Å²) in [6.07, 6.45) is 1.80. The van der Waals surface area contributed by atoms with Crippen molar-refractivity contribution in [2.24, 2.45) is 0 Å². The molecule has 2 heterocycles.